The fourth-order valence-corrected chi connectivity index (χ4v) is 3.50. The van der Waals surface area contributed by atoms with Gasteiger partial charge in [-0.1, -0.05) is 6.07 Å². The minimum absolute atomic E-state index is 0.0497. The van der Waals surface area contributed by atoms with E-state index >= 15 is 0 Å². The summed E-state index contributed by atoms with van der Waals surface area (Å²) in [6.45, 7) is 5.02. The predicted molar refractivity (Wildman–Crippen MR) is 97.7 cm³/mol. The van der Waals surface area contributed by atoms with E-state index in [0.717, 1.165) is 0 Å². The summed E-state index contributed by atoms with van der Waals surface area (Å²) in [5, 5.41) is 13.5. The maximum absolute atomic E-state index is 12.3. The number of hydrogen-bond acceptors (Lipinski definition) is 5. The molecule has 0 aromatic heterocycles. The molecule has 0 aliphatic rings. The highest BCUT2D eigenvalue weighted by Gasteiger charge is 2.17. The van der Waals surface area contributed by atoms with Crippen LogP contribution in [0.3, 0.4) is 0 Å². The Morgan fingerprint density at radius 2 is 1.73 bits per heavy atom. The van der Waals surface area contributed by atoms with Crippen LogP contribution < -0.4 is 10.0 Å². The van der Waals surface area contributed by atoms with E-state index < -0.39 is 20.9 Å². The highest BCUT2D eigenvalue weighted by molar-refractivity contribution is 7.89. The van der Waals surface area contributed by atoms with E-state index in [1.807, 2.05) is 0 Å². The predicted octanol–water partition coefficient (Wildman–Crippen LogP) is 2.84. The standard InChI is InChI=1S/C17H19N3O5S/c1-11(2)19-26(24,25)15-8-5-13(6-9-15)17(21)18-14-7-4-12(3)16(10-14)20(22)23/h4-11,19H,1-3H3,(H,18,21). The largest absolute Gasteiger partial charge is 0.322 e. The van der Waals surface area contributed by atoms with Gasteiger partial charge in [-0.2, -0.15) is 0 Å². The van der Waals surface area contributed by atoms with Crippen LogP contribution in [-0.4, -0.2) is 25.3 Å². The lowest BCUT2D eigenvalue weighted by Gasteiger charge is -2.10. The van der Waals surface area contributed by atoms with Gasteiger partial charge < -0.3 is 5.32 Å². The Bertz CT molecular complexity index is 937. The minimum Gasteiger partial charge on any atom is -0.322 e. The van der Waals surface area contributed by atoms with Crippen LogP contribution in [0.4, 0.5) is 11.4 Å². The summed E-state index contributed by atoms with van der Waals surface area (Å²) in [6.07, 6.45) is 0. The molecule has 0 aliphatic carbocycles. The van der Waals surface area contributed by atoms with Gasteiger partial charge in [0.25, 0.3) is 11.6 Å². The average molecular weight is 377 g/mol. The summed E-state index contributed by atoms with van der Waals surface area (Å²) in [7, 11) is -3.64. The fraction of sp³-hybridized carbons (Fsp3) is 0.235. The van der Waals surface area contributed by atoms with Gasteiger partial charge in [0.2, 0.25) is 10.0 Å². The molecule has 0 fully saturated rings. The van der Waals surface area contributed by atoms with Gasteiger partial charge in [-0.15, -0.1) is 0 Å². The zero-order chi connectivity index (χ0) is 19.5. The Balaban J connectivity index is 2.19. The van der Waals surface area contributed by atoms with E-state index in [1.165, 1.54) is 30.3 Å². The molecule has 0 aliphatic heterocycles. The molecule has 8 nitrogen and oxygen atoms in total. The molecule has 0 spiro atoms. The number of nitro benzene ring substituents is 1. The highest BCUT2D eigenvalue weighted by atomic mass is 32.2. The molecule has 0 saturated carbocycles. The van der Waals surface area contributed by atoms with Crippen LogP contribution in [0.15, 0.2) is 47.4 Å². The number of benzene rings is 2. The maximum atomic E-state index is 12.3. The molecule has 0 heterocycles. The highest BCUT2D eigenvalue weighted by Crippen LogP contribution is 2.23. The molecule has 0 unspecified atom stereocenters. The van der Waals surface area contributed by atoms with Crippen molar-refractivity contribution in [3.8, 4) is 0 Å². The Morgan fingerprint density at radius 3 is 2.27 bits per heavy atom. The van der Waals surface area contributed by atoms with Gasteiger partial charge >= 0.3 is 0 Å². The van der Waals surface area contributed by atoms with Gasteiger partial charge in [0.15, 0.2) is 0 Å². The Labute approximate surface area is 151 Å². The fourth-order valence-electron chi connectivity index (χ4n) is 2.25. The number of hydrogen-bond donors (Lipinski definition) is 2. The molecule has 0 atom stereocenters. The zero-order valence-electron chi connectivity index (χ0n) is 14.5. The van der Waals surface area contributed by atoms with E-state index in [-0.39, 0.29) is 27.9 Å². The number of rotatable bonds is 6. The van der Waals surface area contributed by atoms with Crippen molar-refractivity contribution in [3.05, 3.63) is 63.7 Å². The zero-order valence-corrected chi connectivity index (χ0v) is 15.3. The third-order valence-electron chi connectivity index (χ3n) is 3.48. The van der Waals surface area contributed by atoms with Crippen LogP contribution in [0.2, 0.25) is 0 Å². The van der Waals surface area contributed by atoms with E-state index in [1.54, 1.807) is 32.9 Å². The first-order valence-corrected chi connectivity index (χ1v) is 9.27. The van der Waals surface area contributed by atoms with Crippen LogP contribution in [0.25, 0.3) is 0 Å². The molecular weight excluding hydrogens is 358 g/mol. The number of carbonyl (C=O) groups excluding carboxylic acids is 1. The number of aryl methyl sites for hydroxylation is 1. The molecule has 2 aromatic rings. The van der Waals surface area contributed by atoms with Crippen molar-refractivity contribution < 1.29 is 18.1 Å². The second kappa shape index (κ2) is 7.63. The molecule has 0 saturated heterocycles. The van der Waals surface area contributed by atoms with E-state index in [9.17, 15) is 23.3 Å². The number of carbonyl (C=O) groups is 1. The summed E-state index contributed by atoms with van der Waals surface area (Å²) in [5.41, 5.74) is 0.909. The molecular formula is C17H19N3O5S. The molecule has 0 bridgehead atoms. The smallest absolute Gasteiger partial charge is 0.274 e. The number of sulfonamides is 1. The number of amides is 1. The number of nitrogens with one attached hydrogen (secondary N) is 2. The maximum Gasteiger partial charge on any atom is 0.274 e. The molecule has 2 aromatic carbocycles. The first-order chi connectivity index (χ1) is 12.1. The lowest BCUT2D eigenvalue weighted by molar-refractivity contribution is -0.385. The average Bonchev–Trinajstić information content (AvgIpc) is 2.55. The molecule has 1 amide bonds. The molecule has 2 N–H and O–H groups in total. The third-order valence-corrected chi connectivity index (χ3v) is 5.16. The van der Waals surface area contributed by atoms with Crippen LogP contribution >= 0.6 is 0 Å². The summed E-state index contributed by atoms with van der Waals surface area (Å²) in [4.78, 5) is 22.8. The van der Waals surface area contributed by atoms with E-state index in [0.29, 0.717) is 5.56 Å². The first kappa shape index (κ1) is 19.5. The van der Waals surface area contributed by atoms with Crippen molar-refractivity contribution in [2.75, 3.05) is 5.32 Å². The summed E-state index contributed by atoms with van der Waals surface area (Å²) in [5.74, 6) is -0.496. The second-order valence-electron chi connectivity index (χ2n) is 6.01. The van der Waals surface area contributed by atoms with Crippen molar-refractivity contribution in [2.24, 2.45) is 0 Å². The minimum atomic E-state index is -3.64. The lowest BCUT2D eigenvalue weighted by atomic mass is 10.1. The van der Waals surface area contributed by atoms with Gasteiger partial charge in [0.05, 0.1) is 9.82 Å². The van der Waals surface area contributed by atoms with Gasteiger partial charge in [-0.3, -0.25) is 14.9 Å². The van der Waals surface area contributed by atoms with Crippen molar-refractivity contribution in [3.63, 3.8) is 0 Å². The topological polar surface area (TPSA) is 118 Å². The van der Waals surface area contributed by atoms with Gasteiger partial charge in [0, 0.05) is 28.9 Å². The SMILES string of the molecule is Cc1ccc(NC(=O)c2ccc(S(=O)(=O)NC(C)C)cc2)cc1[N+](=O)[O-]. The summed E-state index contributed by atoms with van der Waals surface area (Å²) in [6, 6.07) is 9.56. The normalized spacial score (nSPS) is 11.4. The van der Waals surface area contributed by atoms with Crippen molar-refractivity contribution in [1.82, 2.24) is 4.72 Å². The third kappa shape index (κ3) is 4.64. The van der Waals surface area contributed by atoms with Crippen molar-refractivity contribution >= 4 is 27.3 Å². The Kier molecular flexibility index (Phi) is 5.73. The van der Waals surface area contributed by atoms with Gasteiger partial charge in [0.1, 0.15) is 0 Å². The summed E-state index contributed by atoms with van der Waals surface area (Å²) >= 11 is 0. The number of nitrogens with zero attached hydrogens (tertiary/aromatic N) is 1. The van der Waals surface area contributed by atoms with E-state index in [4.69, 9.17) is 0 Å². The Hall–Kier alpha value is -2.78. The lowest BCUT2D eigenvalue weighted by Crippen LogP contribution is -2.30. The Morgan fingerprint density at radius 1 is 1.12 bits per heavy atom. The van der Waals surface area contributed by atoms with Crippen LogP contribution in [0, 0.1) is 17.0 Å². The second-order valence-corrected chi connectivity index (χ2v) is 7.73. The molecule has 9 heteroatoms. The molecule has 0 radical (unpaired) electrons. The monoisotopic (exact) mass is 377 g/mol. The van der Waals surface area contributed by atoms with Crippen LogP contribution in [0.5, 0.6) is 0 Å². The van der Waals surface area contributed by atoms with Crippen molar-refractivity contribution in [2.45, 2.75) is 31.7 Å². The van der Waals surface area contributed by atoms with Gasteiger partial charge in [-0.25, -0.2) is 13.1 Å². The van der Waals surface area contributed by atoms with Gasteiger partial charge in [-0.05, 0) is 51.1 Å². The molecule has 138 valence electrons. The quantitative estimate of drug-likeness (QED) is 0.593. The first-order valence-electron chi connectivity index (χ1n) is 7.79. The molecule has 2 rings (SSSR count). The summed E-state index contributed by atoms with van der Waals surface area (Å²) < 4.78 is 26.6. The van der Waals surface area contributed by atoms with Crippen molar-refractivity contribution in [1.29, 1.82) is 0 Å². The van der Waals surface area contributed by atoms with Crippen LogP contribution in [0.1, 0.15) is 29.8 Å². The number of anilines is 1. The van der Waals surface area contributed by atoms with Crippen LogP contribution in [-0.2, 0) is 10.0 Å². The van der Waals surface area contributed by atoms with E-state index in [2.05, 4.69) is 10.0 Å². The number of nitro groups is 1. The molecule has 26 heavy (non-hydrogen) atoms.